The molecule has 0 atom stereocenters. The SMILES string of the molecule is CCOc1ccc(-c2nc3sc4cc(Cl)ccc4n3c2NCCCOC)cc1. The largest absolute Gasteiger partial charge is 0.494 e. The van der Waals surface area contributed by atoms with Crippen molar-refractivity contribution in [3.8, 4) is 17.0 Å². The molecule has 5 nitrogen and oxygen atoms in total. The Hall–Kier alpha value is -2.28. The van der Waals surface area contributed by atoms with Crippen LogP contribution in [-0.2, 0) is 4.74 Å². The molecule has 0 saturated carbocycles. The van der Waals surface area contributed by atoms with Gasteiger partial charge >= 0.3 is 0 Å². The van der Waals surface area contributed by atoms with Gasteiger partial charge in [0.15, 0.2) is 4.96 Å². The predicted molar refractivity (Wildman–Crippen MR) is 117 cm³/mol. The van der Waals surface area contributed by atoms with E-state index < -0.39 is 0 Å². The first-order valence-corrected chi connectivity index (χ1v) is 10.5. The van der Waals surface area contributed by atoms with Gasteiger partial charge in [0, 0.05) is 30.8 Å². The monoisotopic (exact) mass is 415 g/mol. The number of thiazole rings is 1. The Kier molecular flexibility index (Phi) is 5.71. The molecule has 0 amide bonds. The van der Waals surface area contributed by atoms with Crippen LogP contribution in [0.25, 0.3) is 26.4 Å². The van der Waals surface area contributed by atoms with Crippen molar-refractivity contribution in [1.29, 1.82) is 0 Å². The van der Waals surface area contributed by atoms with Gasteiger partial charge in [0.1, 0.15) is 17.3 Å². The first-order valence-electron chi connectivity index (χ1n) is 9.28. The lowest BCUT2D eigenvalue weighted by Crippen LogP contribution is -2.07. The average Bonchev–Trinajstić information content (AvgIpc) is 3.22. The zero-order valence-corrected chi connectivity index (χ0v) is 17.4. The summed E-state index contributed by atoms with van der Waals surface area (Å²) in [5.74, 6) is 1.85. The van der Waals surface area contributed by atoms with Crippen LogP contribution in [0.1, 0.15) is 13.3 Å². The van der Waals surface area contributed by atoms with Gasteiger partial charge in [-0.25, -0.2) is 4.98 Å². The lowest BCUT2D eigenvalue weighted by Gasteiger charge is -2.09. The third-order valence-corrected chi connectivity index (χ3v) is 5.71. The first kappa shape index (κ1) is 19.1. The highest BCUT2D eigenvalue weighted by atomic mass is 35.5. The van der Waals surface area contributed by atoms with Crippen LogP contribution in [0.3, 0.4) is 0 Å². The number of hydrogen-bond acceptors (Lipinski definition) is 5. The molecule has 0 spiro atoms. The summed E-state index contributed by atoms with van der Waals surface area (Å²) < 4.78 is 14.0. The molecular weight excluding hydrogens is 394 g/mol. The highest BCUT2D eigenvalue weighted by molar-refractivity contribution is 7.23. The molecule has 0 saturated heterocycles. The summed E-state index contributed by atoms with van der Waals surface area (Å²) in [5, 5.41) is 4.30. The minimum atomic E-state index is 0.653. The van der Waals surface area contributed by atoms with Gasteiger partial charge in [-0.3, -0.25) is 4.40 Å². The van der Waals surface area contributed by atoms with Gasteiger partial charge in [-0.2, -0.15) is 0 Å². The molecule has 0 fully saturated rings. The van der Waals surface area contributed by atoms with E-state index >= 15 is 0 Å². The summed E-state index contributed by atoms with van der Waals surface area (Å²) in [6, 6.07) is 14.0. The first-order chi connectivity index (χ1) is 13.7. The second-order valence-electron chi connectivity index (χ2n) is 6.37. The Balaban J connectivity index is 1.79. The lowest BCUT2D eigenvalue weighted by molar-refractivity contribution is 0.198. The number of anilines is 1. The second-order valence-corrected chi connectivity index (χ2v) is 7.82. The molecule has 4 rings (SSSR count). The minimum absolute atomic E-state index is 0.653. The summed E-state index contributed by atoms with van der Waals surface area (Å²) in [6.45, 7) is 4.15. The lowest BCUT2D eigenvalue weighted by atomic mass is 10.1. The van der Waals surface area contributed by atoms with Gasteiger partial charge in [0.25, 0.3) is 0 Å². The topological polar surface area (TPSA) is 47.8 Å². The number of imidazole rings is 1. The third kappa shape index (κ3) is 3.68. The number of rotatable bonds is 8. The van der Waals surface area contributed by atoms with Crippen LogP contribution in [-0.4, -0.2) is 36.3 Å². The molecule has 0 aliphatic carbocycles. The van der Waals surface area contributed by atoms with Crippen LogP contribution in [0.4, 0.5) is 5.82 Å². The van der Waals surface area contributed by atoms with Crippen molar-refractivity contribution in [3.05, 3.63) is 47.5 Å². The molecule has 2 heterocycles. The van der Waals surface area contributed by atoms with Crippen molar-refractivity contribution in [2.24, 2.45) is 0 Å². The standard InChI is InChI=1S/C21H22ClN3O2S/c1-3-27-16-8-5-14(6-9-16)19-20(23-11-4-12-26-2)25-17-10-7-15(22)13-18(17)28-21(25)24-19/h5-10,13,23H,3-4,11-12H2,1-2H3. The van der Waals surface area contributed by atoms with Crippen molar-refractivity contribution in [3.63, 3.8) is 0 Å². The molecular formula is C21H22ClN3O2S. The van der Waals surface area contributed by atoms with E-state index in [-0.39, 0.29) is 0 Å². The maximum Gasteiger partial charge on any atom is 0.197 e. The molecule has 7 heteroatoms. The number of fused-ring (bicyclic) bond motifs is 3. The second kappa shape index (κ2) is 8.39. The van der Waals surface area contributed by atoms with Gasteiger partial charge in [-0.1, -0.05) is 22.9 Å². The Morgan fingerprint density at radius 1 is 1.18 bits per heavy atom. The zero-order chi connectivity index (χ0) is 19.5. The Bertz CT molecular complexity index is 1090. The highest BCUT2D eigenvalue weighted by Gasteiger charge is 2.18. The fourth-order valence-corrected chi connectivity index (χ4v) is 4.51. The summed E-state index contributed by atoms with van der Waals surface area (Å²) >= 11 is 7.81. The van der Waals surface area contributed by atoms with Gasteiger partial charge in [-0.05, 0) is 55.8 Å². The molecule has 0 aliphatic rings. The Labute approximate surface area is 172 Å². The predicted octanol–water partition coefficient (Wildman–Crippen LogP) is 5.72. The Morgan fingerprint density at radius 3 is 2.75 bits per heavy atom. The molecule has 146 valence electrons. The molecule has 0 radical (unpaired) electrons. The average molecular weight is 416 g/mol. The number of benzene rings is 2. The minimum Gasteiger partial charge on any atom is -0.494 e. The van der Waals surface area contributed by atoms with Crippen LogP contribution < -0.4 is 10.1 Å². The van der Waals surface area contributed by atoms with Gasteiger partial charge in [0.2, 0.25) is 0 Å². The van der Waals surface area contributed by atoms with E-state index in [9.17, 15) is 0 Å². The summed E-state index contributed by atoms with van der Waals surface area (Å²) in [7, 11) is 1.72. The van der Waals surface area contributed by atoms with E-state index in [4.69, 9.17) is 26.1 Å². The van der Waals surface area contributed by atoms with Crippen molar-refractivity contribution in [2.45, 2.75) is 13.3 Å². The van der Waals surface area contributed by atoms with Crippen LogP contribution in [0.15, 0.2) is 42.5 Å². The number of nitrogens with zero attached hydrogens (tertiary/aromatic N) is 2. The number of halogens is 1. The molecule has 2 aromatic heterocycles. The van der Waals surface area contributed by atoms with Crippen LogP contribution in [0.5, 0.6) is 5.75 Å². The normalized spacial score (nSPS) is 11.4. The maximum absolute atomic E-state index is 6.17. The molecule has 0 unspecified atom stereocenters. The van der Waals surface area contributed by atoms with Crippen molar-refractivity contribution in [2.75, 3.05) is 32.2 Å². The fraction of sp³-hybridized carbons (Fsp3) is 0.286. The highest BCUT2D eigenvalue weighted by Crippen LogP contribution is 2.37. The molecule has 1 N–H and O–H groups in total. The molecule has 4 aromatic rings. The van der Waals surface area contributed by atoms with Gasteiger partial charge in [-0.15, -0.1) is 0 Å². The summed E-state index contributed by atoms with van der Waals surface area (Å²) in [4.78, 5) is 5.87. The number of nitrogens with one attached hydrogen (secondary N) is 1. The maximum atomic E-state index is 6.17. The Morgan fingerprint density at radius 2 is 2.00 bits per heavy atom. The molecule has 2 aromatic carbocycles. The van der Waals surface area contributed by atoms with E-state index in [0.29, 0.717) is 13.2 Å². The summed E-state index contributed by atoms with van der Waals surface area (Å²) in [5.41, 5.74) is 3.09. The van der Waals surface area contributed by atoms with E-state index in [1.54, 1.807) is 18.4 Å². The smallest absolute Gasteiger partial charge is 0.197 e. The number of methoxy groups -OCH3 is 1. The number of ether oxygens (including phenoxy) is 2. The van der Waals surface area contributed by atoms with E-state index in [2.05, 4.69) is 21.9 Å². The number of aromatic nitrogens is 2. The van der Waals surface area contributed by atoms with Crippen molar-refractivity contribution < 1.29 is 9.47 Å². The fourth-order valence-electron chi connectivity index (χ4n) is 3.21. The van der Waals surface area contributed by atoms with Crippen molar-refractivity contribution >= 4 is 43.9 Å². The quantitative estimate of drug-likeness (QED) is 0.374. The van der Waals surface area contributed by atoms with Crippen LogP contribution in [0.2, 0.25) is 5.02 Å². The van der Waals surface area contributed by atoms with E-state index in [1.165, 1.54) is 0 Å². The van der Waals surface area contributed by atoms with Crippen LogP contribution >= 0.6 is 22.9 Å². The molecule has 28 heavy (non-hydrogen) atoms. The molecule has 0 aliphatic heterocycles. The zero-order valence-electron chi connectivity index (χ0n) is 15.9. The van der Waals surface area contributed by atoms with Gasteiger partial charge < -0.3 is 14.8 Å². The van der Waals surface area contributed by atoms with E-state index in [0.717, 1.165) is 56.0 Å². The third-order valence-electron chi connectivity index (χ3n) is 4.47. The van der Waals surface area contributed by atoms with E-state index in [1.807, 2.05) is 37.3 Å². The van der Waals surface area contributed by atoms with Crippen molar-refractivity contribution in [1.82, 2.24) is 9.38 Å². The number of hydrogen-bond donors (Lipinski definition) is 1. The molecule has 0 bridgehead atoms. The summed E-state index contributed by atoms with van der Waals surface area (Å²) in [6.07, 6.45) is 0.917. The van der Waals surface area contributed by atoms with Crippen LogP contribution in [0, 0.1) is 0 Å². The van der Waals surface area contributed by atoms with Gasteiger partial charge in [0.05, 0.1) is 16.8 Å².